The van der Waals surface area contributed by atoms with Gasteiger partial charge in [0.25, 0.3) is 0 Å². The summed E-state index contributed by atoms with van der Waals surface area (Å²) in [5.41, 5.74) is 1.15. The minimum Gasteiger partial charge on any atom is -0.490 e. The summed E-state index contributed by atoms with van der Waals surface area (Å²) < 4.78 is 42.0. The average Bonchev–Trinajstić information content (AvgIpc) is 3.08. The minimum absolute atomic E-state index is 0.0367. The number of carbonyl (C=O) groups excluding carboxylic acids is 1. The van der Waals surface area contributed by atoms with Crippen molar-refractivity contribution in [2.75, 3.05) is 19.8 Å². The number of benzene rings is 2. The fraction of sp³-hybridized carbons (Fsp3) is 0.400. The molecule has 182 valence electrons. The zero-order valence-electron chi connectivity index (χ0n) is 19.5. The van der Waals surface area contributed by atoms with E-state index < -0.39 is 16.1 Å². The molecule has 34 heavy (non-hydrogen) atoms. The second kappa shape index (κ2) is 10.5. The molecule has 9 heteroatoms. The van der Waals surface area contributed by atoms with Crippen molar-refractivity contribution in [1.82, 2.24) is 14.6 Å². The third-order valence-electron chi connectivity index (χ3n) is 5.82. The Labute approximate surface area is 200 Å². The largest absolute Gasteiger partial charge is 0.490 e. The van der Waals surface area contributed by atoms with Crippen LogP contribution in [-0.2, 0) is 21.4 Å². The molecule has 1 atom stereocenters. The molecule has 3 aromatic rings. The van der Waals surface area contributed by atoms with E-state index >= 15 is 0 Å². The van der Waals surface area contributed by atoms with Crippen LogP contribution in [-0.4, -0.2) is 44.7 Å². The Bertz CT molecular complexity index is 1250. The number of sulfonamides is 1. The second-order valence-electron chi connectivity index (χ2n) is 8.71. The molecule has 1 aliphatic rings. The van der Waals surface area contributed by atoms with Gasteiger partial charge in [0, 0.05) is 37.3 Å². The van der Waals surface area contributed by atoms with E-state index in [1.165, 1.54) is 17.5 Å². The molecule has 0 fully saturated rings. The second-order valence-corrected chi connectivity index (χ2v) is 10.4. The lowest BCUT2D eigenvalue weighted by atomic mass is 10.1. The number of nitrogens with zero attached hydrogens (tertiary/aromatic N) is 1. The molecule has 2 aromatic carbocycles. The third-order valence-corrected chi connectivity index (χ3v) is 7.25. The highest BCUT2D eigenvalue weighted by Crippen LogP contribution is 2.32. The first-order valence-electron chi connectivity index (χ1n) is 11.6. The first-order valence-corrected chi connectivity index (χ1v) is 13.1. The number of fused-ring (bicyclic) bond motifs is 2. The topological polar surface area (TPSA) is 98.7 Å². The Hall–Kier alpha value is -3.04. The molecule has 1 aliphatic heterocycles. The lowest BCUT2D eigenvalue weighted by Gasteiger charge is -2.22. The van der Waals surface area contributed by atoms with Crippen molar-refractivity contribution in [1.29, 1.82) is 0 Å². The molecule has 1 amide bonds. The van der Waals surface area contributed by atoms with Crippen LogP contribution < -0.4 is 19.5 Å². The standard InChI is InChI=1S/C25H31N3O5S/c1-18(2)24(25(29)26-12-5-13-28-14-11-19-7-3-4-8-21(19)28)27-34(30,31)20-9-10-22-23(17-20)33-16-6-15-32-22/h3-4,7-11,14,17-18,24,27H,5-6,12-13,15-16H2,1-2H3,(H,26,29)/t24-/m0/s1. The van der Waals surface area contributed by atoms with Gasteiger partial charge in [-0.05, 0) is 42.0 Å². The molecule has 8 nitrogen and oxygen atoms in total. The number of nitrogens with one attached hydrogen (secondary N) is 2. The summed E-state index contributed by atoms with van der Waals surface area (Å²) in [6, 6.07) is 13.8. The molecule has 0 unspecified atom stereocenters. The van der Waals surface area contributed by atoms with Crippen LogP contribution in [0.1, 0.15) is 26.7 Å². The fourth-order valence-electron chi connectivity index (χ4n) is 3.94. The summed E-state index contributed by atoms with van der Waals surface area (Å²) in [5.74, 6) is 0.336. The van der Waals surface area contributed by atoms with Crippen LogP contribution in [0.25, 0.3) is 10.9 Å². The number of aryl methyl sites for hydroxylation is 1. The number of rotatable bonds is 9. The van der Waals surface area contributed by atoms with Crippen molar-refractivity contribution in [3.05, 3.63) is 54.7 Å². The Morgan fingerprint density at radius 1 is 1.06 bits per heavy atom. The molecule has 2 N–H and O–H groups in total. The summed E-state index contributed by atoms with van der Waals surface area (Å²) in [6.45, 7) is 5.80. The van der Waals surface area contributed by atoms with E-state index in [1.54, 1.807) is 6.07 Å². The monoisotopic (exact) mass is 485 g/mol. The maximum atomic E-state index is 13.0. The van der Waals surface area contributed by atoms with Crippen molar-refractivity contribution < 1.29 is 22.7 Å². The highest BCUT2D eigenvalue weighted by Gasteiger charge is 2.29. The van der Waals surface area contributed by atoms with Gasteiger partial charge in [-0.15, -0.1) is 0 Å². The van der Waals surface area contributed by atoms with Crippen LogP contribution in [0.15, 0.2) is 59.6 Å². The first kappa shape index (κ1) is 24.1. The molecule has 0 spiro atoms. The average molecular weight is 486 g/mol. The number of aromatic nitrogens is 1. The van der Waals surface area contributed by atoms with Gasteiger partial charge in [-0.25, -0.2) is 8.42 Å². The Morgan fingerprint density at radius 2 is 1.82 bits per heavy atom. The Morgan fingerprint density at radius 3 is 2.62 bits per heavy atom. The van der Waals surface area contributed by atoms with E-state index in [0.717, 1.165) is 24.9 Å². The number of hydrogen-bond donors (Lipinski definition) is 2. The molecule has 1 aromatic heterocycles. The predicted octanol–water partition coefficient (Wildman–Crippen LogP) is 3.31. The Kier molecular flexibility index (Phi) is 7.43. The van der Waals surface area contributed by atoms with Gasteiger partial charge in [0.2, 0.25) is 15.9 Å². The quantitative estimate of drug-likeness (QED) is 0.453. The maximum absolute atomic E-state index is 13.0. The van der Waals surface area contributed by atoms with E-state index in [0.29, 0.717) is 31.3 Å². The van der Waals surface area contributed by atoms with Crippen molar-refractivity contribution >= 4 is 26.8 Å². The Balaban J connectivity index is 1.36. The number of amides is 1. The van der Waals surface area contributed by atoms with Crippen molar-refractivity contribution in [3.63, 3.8) is 0 Å². The van der Waals surface area contributed by atoms with Crippen molar-refractivity contribution in [2.45, 2.75) is 44.2 Å². The van der Waals surface area contributed by atoms with Crippen LogP contribution >= 0.6 is 0 Å². The van der Waals surface area contributed by atoms with Gasteiger partial charge in [0.1, 0.15) is 6.04 Å². The van der Waals surface area contributed by atoms with E-state index in [9.17, 15) is 13.2 Å². The molecular weight excluding hydrogens is 454 g/mol. The number of carbonyl (C=O) groups is 1. The van der Waals surface area contributed by atoms with Crippen LogP contribution in [0.2, 0.25) is 0 Å². The lowest BCUT2D eigenvalue weighted by Crippen LogP contribution is -2.49. The van der Waals surface area contributed by atoms with Crippen molar-refractivity contribution in [2.24, 2.45) is 5.92 Å². The normalized spacial score (nSPS) is 14.7. The van der Waals surface area contributed by atoms with Crippen LogP contribution in [0, 0.1) is 5.92 Å². The predicted molar refractivity (Wildman–Crippen MR) is 131 cm³/mol. The van der Waals surface area contributed by atoms with Crippen LogP contribution in [0.3, 0.4) is 0 Å². The molecule has 2 heterocycles. The zero-order chi connectivity index (χ0) is 24.1. The van der Waals surface area contributed by atoms with Gasteiger partial charge in [-0.1, -0.05) is 32.0 Å². The fourth-order valence-corrected chi connectivity index (χ4v) is 5.30. The smallest absolute Gasteiger partial charge is 0.241 e. The number of hydrogen-bond acceptors (Lipinski definition) is 5. The molecule has 0 saturated carbocycles. The van der Waals surface area contributed by atoms with E-state index in [2.05, 4.69) is 32.8 Å². The SMILES string of the molecule is CC(C)[C@H](NS(=O)(=O)c1ccc2c(c1)OCCCO2)C(=O)NCCCn1ccc2ccccc21. The van der Waals surface area contributed by atoms with E-state index in [4.69, 9.17) is 9.47 Å². The van der Waals surface area contributed by atoms with Gasteiger partial charge in [-0.2, -0.15) is 4.72 Å². The highest BCUT2D eigenvalue weighted by atomic mass is 32.2. The summed E-state index contributed by atoms with van der Waals surface area (Å²) in [5, 5.41) is 4.06. The highest BCUT2D eigenvalue weighted by molar-refractivity contribution is 7.89. The zero-order valence-corrected chi connectivity index (χ0v) is 20.3. The summed E-state index contributed by atoms with van der Waals surface area (Å²) in [4.78, 5) is 12.9. The van der Waals surface area contributed by atoms with Gasteiger partial charge < -0.3 is 19.4 Å². The number of para-hydroxylation sites is 1. The van der Waals surface area contributed by atoms with Gasteiger partial charge in [-0.3, -0.25) is 4.79 Å². The summed E-state index contributed by atoms with van der Waals surface area (Å²) in [7, 11) is -3.94. The summed E-state index contributed by atoms with van der Waals surface area (Å²) in [6.07, 6.45) is 3.49. The molecule has 0 radical (unpaired) electrons. The third kappa shape index (κ3) is 5.53. The molecule has 0 saturated heterocycles. The van der Waals surface area contributed by atoms with Gasteiger partial charge >= 0.3 is 0 Å². The first-order chi connectivity index (χ1) is 16.3. The molecule has 0 aliphatic carbocycles. The van der Waals surface area contributed by atoms with Crippen LogP contribution in [0.5, 0.6) is 11.5 Å². The van der Waals surface area contributed by atoms with Crippen LogP contribution in [0.4, 0.5) is 0 Å². The lowest BCUT2D eigenvalue weighted by molar-refractivity contribution is -0.123. The number of ether oxygens (including phenoxy) is 2. The van der Waals surface area contributed by atoms with Crippen molar-refractivity contribution in [3.8, 4) is 11.5 Å². The molecule has 0 bridgehead atoms. The van der Waals surface area contributed by atoms with E-state index in [-0.39, 0.29) is 16.7 Å². The van der Waals surface area contributed by atoms with E-state index in [1.807, 2.05) is 32.2 Å². The maximum Gasteiger partial charge on any atom is 0.241 e. The molecular formula is C25H31N3O5S. The molecule has 4 rings (SSSR count). The van der Waals surface area contributed by atoms with Gasteiger partial charge in [0.05, 0.1) is 18.1 Å². The summed E-state index contributed by atoms with van der Waals surface area (Å²) >= 11 is 0. The minimum atomic E-state index is -3.94. The van der Waals surface area contributed by atoms with Gasteiger partial charge in [0.15, 0.2) is 11.5 Å².